The zero-order chi connectivity index (χ0) is 10.9. The van der Waals surface area contributed by atoms with E-state index in [1.54, 1.807) is 19.1 Å². The normalized spacial score (nSPS) is 14.8. The third-order valence-corrected chi connectivity index (χ3v) is 2.25. The van der Waals surface area contributed by atoms with Crippen LogP contribution in [-0.4, -0.2) is 16.2 Å². The lowest BCUT2D eigenvalue weighted by Gasteiger charge is -2.20. The topological polar surface area (TPSA) is 83.6 Å². The van der Waals surface area contributed by atoms with Crippen LogP contribution >= 0.6 is 0 Å². The molecule has 0 aliphatic heterocycles. The van der Waals surface area contributed by atoms with E-state index in [1.807, 2.05) is 0 Å². The van der Waals surface area contributed by atoms with Gasteiger partial charge in [0.1, 0.15) is 11.3 Å². The molecule has 0 spiro atoms. The second-order valence-corrected chi connectivity index (χ2v) is 3.51. The van der Waals surface area contributed by atoms with Crippen molar-refractivity contribution >= 4 is 5.97 Å². The second-order valence-electron chi connectivity index (χ2n) is 3.51. The standard InChI is InChI=1S/C10H13NO3/c1-6-3-4-7(5-8(6)12)10(2,11)9(13)14/h3-5,12H,11H2,1-2H3,(H,13,14). The number of nitrogens with two attached hydrogens (primary N) is 1. The summed E-state index contributed by atoms with van der Waals surface area (Å²) in [6.45, 7) is 3.12. The summed E-state index contributed by atoms with van der Waals surface area (Å²) in [6.07, 6.45) is 0. The number of carboxylic acid groups (broad SMARTS) is 1. The Morgan fingerprint density at radius 3 is 2.50 bits per heavy atom. The van der Waals surface area contributed by atoms with Crippen molar-refractivity contribution in [3.63, 3.8) is 0 Å². The summed E-state index contributed by atoms with van der Waals surface area (Å²) in [6, 6.07) is 4.62. The first-order chi connectivity index (χ1) is 6.35. The highest BCUT2D eigenvalue weighted by Gasteiger charge is 2.30. The molecule has 1 aromatic carbocycles. The molecule has 4 heteroatoms. The predicted octanol–water partition coefficient (Wildman–Crippen LogP) is 0.959. The van der Waals surface area contributed by atoms with Crippen LogP contribution in [0, 0.1) is 6.92 Å². The van der Waals surface area contributed by atoms with E-state index < -0.39 is 11.5 Å². The minimum Gasteiger partial charge on any atom is -0.508 e. The first-order valence-corrected chi connectivity index (χ1v) is 4.18. The van der Waals surface area contributed by atoms with Crippen LogP contribution in [-0.2, 0) is 10.3 Å². The van der Waals surface area contributed by atoms with E-state index in [0.717, 1.165) is 0 Å². The number of aryl methyl sites for hydroxylation is 1. The van der Waals surface area contributed by atoms with Crippen LogP contribution in [0.2, 0.25) is 0 Å². The Labute approximate surface area is 82.0 Å². The highest BCUT2D eigenvalue weighted by molar-refractivity contribution is 5.80. The van der Waals surface area contributed by atoms with Crippen LogP contribution in [0.3, 0.4) is 0 Å². The van der Waals surface area contributed by atoms with Crippen LogP contribution in [0.5, 0.6) is 5.75 Å². The van der Waals surface area contributed by atoms with Gasteiger partial charge in [-0.15, -0.1) is 0 Å². The molecule has 1 atom stereocenters. The number of hydrogen-bond donors (Lipinski definition) is 3. The van der Waals surface area contributed by atoms with E-state index in [2.05, 4.69) is 0 Å². The van der Waals surface area contributed by atoms with Gasteiger partial charge in [0.05, 0.1) is 0 Å². The Morgan fingerprint density at radius 1 is 1.50 bits per heavy atom. The van der Waals surface area contributed by atoms with E-state index in [4.69, 9.17) is 10.8 Å². The molecule has 0 aliphatic carbocycles. The number of phenolic OH excluding ortho intramolecular Hbond substituents is 1. The number of benzene rings is 1. The van der Waals surface area contributed by atoms with E-state index in [0.29, 0.717) is 11.1 Å². The molecule has 0 bridgehead atoms. The summed E-state index contributed by atoms with van der Waals surface area (Å²) >= 11 is 0. The lowest BCUT2D eigenvalue weighted by Crippen LogP contribution is -2.41. The molecule has 0 aliphatic rings. The molecule has 0 saturated heterocycles. The van der Waals surface area contributed by atoms with Crippen molar-refractivity contribution in [1.29, 1.82) is 0 Å². The molecule has 0 heterocycles. The Kier molecular flexibility index (Phi) is 2.49. The Bertz CT molecular complexity index is 372. The number of hydrogen-bond acceptors (Lipinski definition) is 3. The van der Waals surface area contributed by atoms with Crippen LogP contribution in [0.25, 0.3) is 0 Å². The zero-order valence-electron chi connectivity index (χ0n) is 8.11. The summed E-state index contributed by atoms with van der Waals surface area (Å²) in [5.41, 5.74) is 5.19. The zero-order valence-corrected chi connectivity index (χ0v) is 8.11. The van der Waals surface area contributed by atoms with Gasteiger partial charge in [-0.1, -0.05) is 12.1 Å². The molecule has 1 rings (SSSR count). The lowest BCUT2D eigenvalue weighted by atomic mass is 9.92. The maximum absolute atomic E-state index is 10.8. The van der Waals surface area contributed by atoms with Crippen molar-refractivity contribution in [2.45, 2.75) is 19.4 Å². The van der Waals surface area contributed by atoms with Gasteiger partial charge in [-0.3, -0.25) is 0 Å². The van der Waals surface area contributed by atoms with Gasteiger partial charge >= 0.3 is 5.97 Å². The molecule has 4 N–H and O–H groups in total. The van der Waals surface area contributed by atoms with E-state index in [-0.39, 0.29) is 5.75 Å². The lowest BCUT2D eigenvalue weighted by molar-refractivity contribution is -0.143. The fourth-order valence-electron chi connectivity index (χ4n) is 1.06. The number of aromatic hydroxyl groups is 1. The molecular formula is C10H13NO3. The molecule has 1 unspecified atom stereocenters. The SMILES string of the molecule is Cc1ccc(C(C)(N)C(=O)O)cc1O. The Hall–Kier alpha value is -1.55. The quantitative estimate of drug-likeness (QED) is 0.656. The summed E-state index contributed by atoms with van der Waals surface area (Å²) in [7, 11) is 0. The van der Waals surface area contributed by atoms with Crippen molar-refractivity contribution < 1.29 is 15.0 Å². The van der Waals surface area contributed by atoms with Crippen LogP contribution in [0.1, 0.15) is 18.1 Å². The number of aliphatic carboxylic acids is 1. The molecule has 0 aromatic heterocycles. The third kappa shape index (κ3) is 1.70. The molecule has 1 aromatic rings. The fourth-order valence-corrected chi connectivity index (χ4v) is 1.06. The third-order valence-electron chi connectivity index (χ3n) is 2.25. The van der Waals surface area contributed by atoms with Gasteiger partial charge in [0.2, 0.25) is 0 Å². The van der Waals surface area contributed by atoms with Gasteiger partial charge in [-0.05, 0) is 31.0 Å². The molecule has 0 radical (unpaired) electrons. The molecule has 4 nitrogen and oxygen atoms in total. The minimum absolute atomic E-state index is 0.0559. The van der Waals surface area contributed by atoms with Crippen molar-refractivity contribution in [1.82, 2.24) is 0 Å². The monoisotopic (exact) mass is 195 g/mol. The first-order valence-electron chi connectivity index (χ1n) is 4.18. The second kappa shape index (κ2) is 3.31. The van der Waals surface area contributed by atoms with Crippen molar-refractivity contribution in [2.75, 3.05) is 0 Å². The number of rotatable bonds is 2. The first kappa shape index (κ1) is 10.5. The van der Waals surface area contributed by atoms with Gasteiger partial charge in [0, 0.05) is 0 Å². The van der Waals surface area contributed by atoms with E-state index >= 15 is 0 Å². The highest BCUT2D eigenvalue weighted by Crippen LogP contribution is 2.24. The Morgan fingerprint density at radius 2 is 2.07 bits per heavy atom. The van der Waals surface area contributed by atoms with Crippen LogP contribution < -0.4 is 5.73 Å². The van der Waals surface area contributed by atoms with Gasteiger partial charge < -0.3 is 15.9 Å². The number of phenols is 1. The average molecular weight is 195 g/mol. The number of carbonyl (C=O) groups is 1. The van der Waals surface area contributed by atoms with Crippen molar-refractivity contribution in [3.05, 3.63) is 29.3 Å². The fraction of sp³-hybridized carbons (Fsp3) is 0.300. The molecule has 0 fully saturated rings. The summed E-state index contributed by atoms with van der Waals surface area (Å²) in [4.78, 5) is 10.8. The van der Waals surface area contributed by atoms with Crippen molar-refractivity contribution in [3.8, 4) is 5.75 Å². The van der Waals surface area contributed by atoms with Gasteiger partial charge in [-0.2, -0.15) is 0 Å². The summed E-state index contributed by atoms with van der Waals surface area (Å²) < 4.78 is 0. The van der Waals surface area contributed by atoms with Gasteiger partial charge in [0.25, 0.3) is 0 Å². The largest absolute Gasteiger partial charge is 0.508 e. The van der Waals surface area contributed by atoms with Crippen LogP contribution in [0.4, 0.5) is 0 Å². The molecule has 0 amide bonds. The molecule has 14 heavy (non-hydrogen) atoms. The van der Waals surface area contributed by atoms with Crippen molar-refractivity contribution in [2.24, 2.45) is 5.73 Å². The van der Waals surface area contributed by atoms with Gasteiger partial charge in [0.15, 0.2) is 0 Å². The Balaban J connectivity index is 3.21. The molecular weight excluding hydrogens is 182 g/mol. The molecule has 76 valence electrons. The van der Waals surface area contributed by atoms with Crippen LogP contribution in [0.15, 0.2) is 18.2 Å². The predicted molar refractivity (Wildman–Crippen MR) is 52.0 cm³/mol. The maximum atomic E-state index is 10.8. The summed E-state index contributed by atoms with van der Waals surface area (Å²) in [5.74, 6) is -1.07. The minimum atomic E-state index is -1.47. The van der Waals surface area contributed by atoms with E-state index in [1.165, 1.54) is 13.0 Å². The average Bonchev–Trinajstić information content (AvgIpc) is 2.09. The summed E-state index contributed by atoms with van der Waals surface area (Å²) in [5, 5.41) is 18.2. The maximum Gasteiger partial charge on any atom is 0.328 e. The smallest absolute Gasteiger partial charge is 0.328 e. The highest BCUT2D eigenvalue weighted by atomic mass is 16.4. The van der Waals surface area contributed by atoms with E-state index in [9.17, 15) is 9.90 Å². The number of carboxylic acids is 1. The molecule has 0 saturated carbocycles. The van der Waals surface area contributed by atoms with Gasteiger partial charge in [-0.25, -0.2) is 4.79 Å².